The van der Waals surface area contributed by atoms with Gasteiger partial charge in [-0.25, -0.2) is 0 Å². The summed E-state index contributed by atoms with van der Waals surface area (Å²) in [5.74, 6) is -0.820. The van der Waals surface area contributed by atoms with Crippen molar-refractivity contribution in [3.05, 3.63) is 80.2 Å². The molecule has 0 unspecified atom stereocenters. The Bertz CT molecular complexity index is 1040. The van der Waals surface area contributed by atoms with Crippen molar-refractivity contribution < 1.29 is 9.90 Å². The fourth-order valence-corrected chi connectivity index (χ4v) is 2.64. The van der Waals surface area contributed by atoms with Crippen LogP contribution in [0.25, 0.3) is 5.69 Å². The zero-order valence-corrected chi connectivity index (χ0v) is 15.7. The molecule has 3 aromatic rings. The van der Waals surface area contributed by atoms with Gasteiger partial charge in [-0.05, 0) is 31.2 Å². The molecule has 5 N–H and O–H groups in total. The van der Waals surface area contributed by atoms with E-state index in [0.29, 0.717) is 10.6 Å². The number of rotatable bonds is 3. The molecule has 9 heteroatoms. The molecule has 0 aliphatic heterocycles. The first kappa shape index (κ1) is 20.3. The minimum absolute atomic E-state index is 0.0427. The van der Waals surface area contributed by atoms with Crippen molar-refractivity contribution in [3.8, 4) is 11.4 Å². The maximum Gasteiger partial charge on any atom is 0.277 e. The van der Waals surface area contributed by atoms with Gasteiger partial charge in [-0.3, -0.25) is 19.4 Å². The van der Waals surface area contributed by atoms with E-state index >= 15 is 0 Å². The lowest BCUT2D eigenvalue weighted by Gasteiger charge is -2.04. The van der Waals surface area contributed by atoms with E-state index in [1.807, 2.05) is 18.2 Å². The van der Waals surface area contributed by atoms with Gasteiger partial charge in [-0.2, -0.15) is 0 Å². The van der Waals surface area contributed by atoms with Gasteiger partial charge < -0.3 is 16.2 Å². The summed E-state index contributed by atoms with van der Waals surface area (Å²) < 4.78 is 1.46. The number of hydrogen-bond donors (Lipinski definition) is 4. The number of phenols is 1. The lowest BCUT2D eigenvalue weighted by Crippen LogP contribution is -2.19. The third-order valence-corrected chi connectivity index (χ3v) is 3.96. The van der Waals surface area contributed by atoms with Crippen molar-refractivity contribution >= 4 is 34.8 Å². The van der Waals surface area contributed by atoms with Gasteiger partial charge in [0.1, 0.15) is 11.3 Å². The third kappa shape index (κ3) is 4.99. The van der Waals surface area contributed by atoms with Crippen LogP contribution in [0.5, 0.6) is 5.75 Å². The Morgan fingerprint density at radius 3 is 2.33 bits per heavy atom. The molecule has 3 rings (SSSR count). The highest BCUT2D eigenvalue weighted by molar-refractivity contribution is 6.36. The predicted molar refractivity (Wildman–Crippen MR) is 106 cm³/mol. The smallest absolute Gasteiger partial charge is 0.277 e. The van der Waals surface area contributed by atoms with Gasteiger partial charge in [0.05, 0.1) is 10.7 Å². The Morgan fingerprint density at radius 1 is 1.19 bits per heavy atom. The fourth-order valence-electron chi connectivity index (χ4n) is 2.14. The monoisotopic (exact) mass is 406 g/mol. The second kappa shape index (κ2) is 8.57. The molecule has 27 heavy (non-hydrogen) atoms. The number of H-pyrrole nitrogens is 1. The van der Waals surface area contributed by atoms with Crippen LogP contribution < -0.4 is 11.3 Å². The first-order chi connectivity index (χ1) is 12.7. The lowest BCUT2D eigenvalue weighted by atomic mass is 10.1. The molecule has 0 bridgehead atoms. The summed E-state index contributed by atoms with van der Waals surface area (Å²) in [6.45, 7) is 1.56. The average Bonchev–Trinajstić information content (AvgIpc) is 3.01. The summed E-state index contributed by atoms with van der Waals surface area (Å²) in [6.07, 6.45) is 1.39. The number of aromatic nitrogens is 2. The second-order valence-electron chi connectivity index (χ2n) is 5.46. The molecule has 0 fully saturated rings. The van der Waals surface area contributed by atoms with E-state index in [-0.39, 0.29) is 22.0 Å². The fraction of sp³-hybridized carbons (Fsp3) is 0.0556. The summed E-state index contributed by atoms with van der Waals surface area (Å²) in [4.78, 5) is 22.1. The zero-order chi connectivity index (χ0) is 20.1. The average molecular weight is 407 g/mol. The predicted octanol–water partition coefficient (Wildman–Crippen LogP) is 3.35. The molecule has 1 aromatic heterocycles. The first-order valence-corrected chi connectivity index (χ1v) is 8.36. The molecule has 0 saturated heterocycles. The highest BCUT2D eigenvalue weighted by Gasteiger charge is 2.10. The van der Waals surface area contributed by atoms with E-state index in [2.05, 4.69) is 5.10 Å². The molecule has 0 radical (unpaired) electrons. The Kier molecular flexibility index (Phi) is 6.44. The molecule has 7 nitrogen and oxygen atoms in total. The summed E-state index contributed by atoms with van der Waals surface area (Å²) in [7, 11) is 0. The van der Waals surface area contributed by atoms with Crippen LogP contribution in [-0.4, -0.2) is 26.5 Å². The van der Waals surface area contributed by atoms with Gasteiger partial charge in [0, 0.05) is 22.5 Å². The van der Waals surface area contributed by atoms with E-state index in [1.165, 1.54) is 23.0 Å². The van der Waals surface area contributed by atoms with E-state index in [0.717, 1.165) is 5.69 Å². The minimum atomic E-state index is -0.731. The summed E-state index contributed by atoms with van der Waals surface area (Å²) in [6, 6.07) is 12.1. The summed E-state index contributed by atoms with van der Waals surface area (Å²) in [5, 5.41) is 19.7. The van der Waals surface area contributed by atoms with E-state index in [4.69, 9.17) is 34.3 Å². The van der Waals surface area contributed by atoms with E-state index in [9.17, 15) is 14.7 Å². The molecular weight excluding hydrogens is 391 g/mol. The van der Waals surface area contributed by atoms with Crippen LogP contribution in [0.4, 0.5) is 0 Å². The van der Waals surface area contributed by atoms with Crippen molar-refractivity contribution in [1.82, 2.24) is 9.78 Å². The number of nitrogens with two attached hydrogens (primary N) is 1. The van der Waals surface area contributed by atoms with Gasteiger partial charge >= 0.3 is 0 Å². The van der Waals surface area contributed by atoms with Gasteiger partial charge in [0.2, 0.25) is 0 Å². The van der Waals surface area contributed by atoms with Crippen molar-refractivity contribution in [2.45, 2.75) is 6.92 Å². The number of carbonyl (C=O) groups is 1. The van der Waals surface area contributed by atoms with Crippen LogP contribution in [0.15, 0.2) is 53.5 Å². The Labute approximate surface area is 164 Å². The molecule has 0 aliphatic rings. The summed E-state index contributed by atoms with van der Waals surface area (Å²) >= 11 is 11.3. The number of carbonyl (C=O) groups excluding carboxylic acids is 1. The molecule has 0 spiro atoms. The van der Waals surface area contributed by atoms with Gasteiger partial charge in [0.15, 0.2) is 0 Å². The second-order valence-corrected chi connectivity index (χ2v) is 6.31. The van der Waals surface area contributed by atoms with E-state index < -0.39 is 11.5 Å². The number of aromatic amines is 1. The number of nitrogens with one attached hydrogen (secondary N) is 2. The van der Waals surface area contributed by atoms with Crippen molar-refractivity contribution in [2.24, 2.45) is 5.73 Å². The zero-order valence-electron chi connectivity index (χ0n) is 14.2. The Hall–Kier alpha value is -3.03. The molecule has 0 saturated carbocycles. The van der Waals surface area contributed by atoms with Gasteiger partial charge in [-0.1, -0.05) is 41.4 Å². The number of benzene rings is 2. The van der Waals surface area contributed by atoms with Crippen molar-refractivity contribution in [2.75, 3.05) is 0 Å². The molecule has 140 valence electrons. The topological polar surface area (TPSA) is 125 Å². The molecule has 1 amide bonds. The number of hydrogen-bond acceptors (Lipinski definition) is 4. The molecule has 1 heterocycles. The molecular formula is C18H16Cl2N4O3. The number of nitrogens with zero attached hydrogens (tertiary/aromatic N) is 1. The Morgan fingerprint density at radius 2 is 1.81 bits per heavy atom. The number of phenolic OH excluding ortho intramolecular Hbond substituents is 1. The van der Waals surface area contributed by atoms with Crippen LogP contribution in [0.3, 0.4) is 0 Å². The number of aromatic hydroxyl groups is 1. The number of amides is 1. The molecule has 2 aromatic carbocycles. The number of para-hydroxylation sites is 1. The third-order valence-electron chi connectivity index (χ3n) is 3.46. The molecule has 0 atom stereocenters. The van der Waals surface area contributed by atoms with Crippen LogP contribution in [0, 0.1) is 5.41 Å². The van der Waals surface area contributed by atoms with Crippen LogP contribution in [0.1, 0.15) is 22.8 Å². The SMILES string of the molecule is CC(=N)c1cc(Cl)cc(Cl)c1O.NC(=O)c1cn(-c2ccccc2)[nH]c1=O. The van der Waals surface area contributed by atoms with Crippen molar-refractivity contribution in [3.63, 3.8) is 0 Å². The standard InChI is InChI=1S/C10H9N3O2.C8H7Cl2NO/c11-9(14)8-6-13(12-10(8)15)7-4-2-1-3-5-7;1-4(11)6-2-5(9)3-7(10)8(6)12/h1-6H,(H2,11,14)(H,12,15);2-3,11-12H,1H3. The van der Waals surface area contributed by atoms with Crippen LogP contribution in [-0.2, 0) is 0 Å². The van der Waals surface area contributed by atoms with Gasteiger partial charge in [-0.15, -0.1) is 0 Å². The largest absolute Gasteiger partial charge is 0.506 e. The lowest BCUT2D eigenvalue weighted by molar-refractivity contribution is 0.0999. The number of halogens is 2. The maximum atomic E-state index is 11.3. The highest BCUT2D eigenvalue weighted by Crippen LogP contribution is 2.31. The van der Waals surface area contributed by atoms with Crippen LogP contribution in [0.2, 0.25) is 10.0 Å². The quantitative estimate of drug-likeness (QED) is 0.498. The molecule has 0 aliphatic carbocycles. The van der Waals surface area contributed by atoms with Crippen LogP contribution >= 0.6 is 23.2 Å². The maximum absolute atomic E-state index is 11.3. The van der Waals surface area contributed by atoms with Gasteiger partial charge in [0.25, 0.3) is 11.5 Å². The first-order valence-electron chi connectivity index (χ1n) is 7.61. The minimum Gasteiger partial charge on any atom is -0.506 e. The van der Waals surface area contributed by atoms with Crippen molar-refractivity contribution in [1.29, 1.82) is 5.41 Å². The summed E-state index contributed by atoms with van der Waals surface area (Å²) in [5.41, 5.74) is 5.88. The highest BCUT2D eigenvalue weighted by atomic mass is 35.5. The normalized spacial score (nSPS) is 10.0. The van der Waals surface area contributed by atoms with E-state index in [1.54, 1.807) is 19.1 Å². The number of primary amides is 1. The Balaban J connectivity index is 0.000000199.